The van der Waals surface area contributed by atoms with Crippen LogP contribution in [0.2, 0.25) is 0 Å². The van der Waals surface area contributed by atoms with E-state index in [4.69, 9.17) is 0 Å². The summed E-state index contributed by atoms with van der Waals surface area (Å²) in [6.45, 7) is 2.97. The van der Waals surface area contributed by atoms with Crippen LogP contribution in [-0.2, 0) is 25.6 Å². The van der Waals surface area contributed by atoms with Crippen molar-refractivity contribution in [2.45, 2.75) is 102 Å². The molecule has 4 fully saturated rings. The molecule has 2 saturated heterocycles. The van der Waals surface area contributed by atoms with Crippen LogP contribution in [-0.4, -0.2) is 83.1 Å². The number of hydrogen-bond donors (Lipinski definition) is 1. The first-order valence-corrected chi connectivity index (χ1v) is 16.2. The zero-order valence-corrected chi connectivity index (χ0v) is 24.6. The highest BCUT2D eigenvalue weighted by Gasteiger charge is 2.40. The van der Waals surface area contributed by atoms with E-state index >= 15 is 0 Å². The van der Waals surface area contributed by atoms with Gasteiger partial charge in [0.1, 0.15) is 0 Å². The van der Waals surface area contributed by atoms with Gasteiger partial charge in [0.05, 0.1) is 6.04 Å². The molecule has 1 aromatic carbocycles. The first kappa shape index (κ1) is 29.6. The predicted octanol–water partition coefficient (Wildman–Crippen LogP) is 3.93. The van der Waals surface area contributed by atoms with Gasteiger partial charge >= 0.3 is 23.6 Å². The van der Waals surface area contributed by atoms with Crippen LogP contribution in [0, 0.1) is 11.8 Å². The molecule has 0 aromatic heterocycles. The number of unbranched alkanes of at least 4 members (excludes halogenated alkanes) is 1. The molecule has 0 spiro atoms. The molecule has 4 aliphatic rings. The monoisotopic (exact) mass is 564 g/mol. The Morgan fingerprint density at radius 2 is 1.29 bits per heavy atom. The lowest BCUT2D eigenvalue weighted by Crippen LogP contribution is -2.61. The predicted molar refractivity (Wildman–Crippen MR) is 158 cm³/mol. The van der Waals surface area contributed by atoms with Gasteiger partial charge in [-0.3, -0.25) is 19.2 Å². The van der Waals surface area contributed by atoms with Gasteiger partial charge in [0.15, 0.2) is 0 Å². The Morgan fingerprint density at radius 1 is 0.683 bits per heavy atom. The van der Waals surface area contributed by atoms with E-state index in [9.17, 15) is 19.2 Å². The number of carbonyl (C=O) groups excluding carboxylic acids is 4. The summed E-state index contributed by atoms with van der Waals surface area (Å²) in [5, 5.41) is 2.77. The topological polar surface area (TPSA) is 90.0 Å². The van der Waals surface area contributed by atoms with Crippen LogP contribution >= 0.6 is 0 Å². The SMILES string of the molecule is O=C1NC[C@@H](CCCCN2C[C@H](Cc3ccccc3)N(CC3CCCCC3)C(=O)C2=O)N(CC2CCCCC2)C1=O. The summed E-state index contributed by atoms with van der Waals surface area (Å²) < 4.78 is 0. The summed E-state index contributed by atoms with van der Waals surface area (Å²) in [6.07, 6.45) is 15.1. The molecule has 2 saturated carbocycles. The summed E-state index contributed by atoms with van der Waals surface area (Å²) in [7, 11) is 0. The summed E-state index contributed by atoms with van der Waals surface area (Å²) in [5.41, 5.74) is 1.19. The van der Waals surface area contributed by atoms with E-state index in [1.165, 1.54) is 44.1 Å². The maximum absolute atomic E-state index is 13.4. The number of carbonyl (C=O) groups is 4. The van der Waals surface area contributed by atoms with Gasteiger partial charge < -0.3 is 20.0 Å². The number of hydrogen-bond acceptors (Lipinski definition) is 4. The second kappa shape index (κ2) is 14.3. The lowest BCUT2D eigenvalue weighted by atomic mass is 9.88. The zero-order chi connectivity index (χ0) is 28.6. The van der Waals surface area contributed by atoms with Gasteiger partial charge in [-0.2, -0.15) is 0 Å². The molecule has 8 nitrogen and oxygen atoms in total. The molecule has 41 heavy (non-hydrogen) atoms. The third kappa shape index (κ3) is 7.69. The smallest absolute Gasteiger partial charge is 0.312 e. The Morgan fingerprint density at radius 3 is 1.93 bits per heavy atom. The highest BCUT2D eigenvalue weighted by molar-refractivity contribution is 6.36. The van der Waals surface area contributed by atoms with Crippen LogP contribution in [0.3, 0.4) is 0 Å². The van der Waals surface area contributed by atoms with Crippen LogP contribution in [0.1, 0.15) is 89.0 Å². The van der Waals surface area contributed by atoms with Gasteiger partial charge in [-0.1, -0.05) is 68.9 Å². The molecular weight excluding hydrogens is 516 g/mol. The van der Waals surface area contributed by atoms with E-state index in [0.717, 1.165) is 51.4 Å². The van der Waals surface area contributed by atoms with Gasteiger partial charge in [-0.25, -0.2) is 0 Å². The Kier molecular flexibility index (Phi) is 10.3. The number of amides is 4. The molecule has 224 valence electrons. The molecule has 1 aromatic rings. The van der Waals surface area contributed by atoms with Gasteiger partial charge in [-0.15, -0.1) is 0 Å². The van der Waals surface area contributed by atoms with Crippen molar-refractivity contribution < 1.29 is 19.2 Å². The Bertz CT molecular complexity index is 1050. The van der Waals surface area contributed by atoms with E-state index in [2.05, 4.69) is 17.4 Å². The zero-order valence-electron chi connectivity index (χ0n) is 24.6. The van der Waals surface area contributed by atoms with Crippen molar-refractivity contribution in [3.05, 3.63) is 35.9 Å². The van der Waals surface area contributed by atoms with Crippen molar-refractivity contribution >= 4 is 23.6 Å². The van der Waals surface area contributed by atoms with Crippen molar-refractivity contribution in [1.29, 1.82) is 0 Å². The molecule has 0 bridgehead atoms. The Labute approximate surface area is 245 Å². The normalized spacial score (nSPS) is 25.1. The van der Waals surface area contributed by atoms with E-state index < -0.39 is 11.8 Å². The number of nitrogens with one attached hydrogen (secondary N) is 1. The number of nitrogens with zero attached hydrogens (tertiary/aromatic N) is 3. The second-order valence-electron chi connectivity index (χ2n) is 12.9. The van der Waals surface area contributed by atoms with Crippen LogP contribution in [0.4, 0.5) is 0 Å². The minimum Gasteiger partial charge on any atom is -0.346 e. The van der Waals surface area contributed by atoms with Gasteiger partial charge in [0, 0.05) is 38.8 Å². The fraction of sp³-hybridized carbons (Fsp3) is 0.697. The summed E-state index contributed by atoms with van der Waals surface area (Å²) >= 11 is 0. The molecule has 0 radical (unpaired) electrons. The Hall–Kier alpha value is -2.90. The maximum Gasteiger partial charge on any atom is 0.312 e. The van der Waals surface area contributed by atoms with E-state index in [1.807, 2.05) is 28.0 Å². The third-order valence-electron chi connectivity index (χ3n) is 9.89. The molecule has 8 heteroatoms. The van der Waals surface area contributed by atoms with Crippen molar-refractivity contribution in [3.63, 3.8) is 0 Å². The summed E-state index contributed by atoms with van der Waals surface area (Å²) in [4.78, 5) is 57.0. The molecule has 2 heterocycles. The summed E-state index contributed by atoms with van der Waals surface area (Å²) in [6, 6.07) is 10.3. The average molecular weight is 565 g/mol. The molecule has 1 N–H and O–H groups in total. The van der Waals surface area contributed by atoms with E-state index in [1.54, 1.807) is 4.90 Å². The molecule has 5 rings (SSSR count). The van der Waals surface area contributed by atoms with Crippen LogP contribution in [0.15, 0.2) is 30.3 Å². The lowest BCUT2D eigenvalue weighted by Gasteiger charge is -2.42. The van der Waals surface area contributed by atoms with E-state index in [-0.39, 0.29) is 23.9 Å². The van der Waals surface area contributed by atoms with Gasteiger partial charge in [0.2, 0.25) is 0 Å². The number of rotatable bonds is 11. The second-order valence-corrected chi connectivity index (χ2v) is 12.9. The molecular formula is C33H48N4O4. The third-order valence-corrected chi connectivity index (χ3v) is 9.89. The molecule has 4 amide bonds. The van der Waals surface area contributed by atoms with Crippen molar-refractivity contribution in [3.8, 4) is 0 Å². The van der Waals surface area contributed by atoms with Gasteiger partial charge in [0.25, 0.3) is 0 Å². The molecule has 0 unspecified atom stereocenters. The van der Waals surface area contributed by atoms with Crippen LogP contribution < -0.4 is 5.32 Å². The molecule has 2 atom stereocenters. The molecule has 2 aliphatic heterocycles. The van der Waals surface area contributed by atoms with Gasteiger partial charge in [-0.05, 0) is 68.8 Å². The first-order valence-electron chi connectivity index (χ1n) is 16.2. The van der Waals surface area contributed by atoms with Crippen molar-refractivity contribution in [2.24, 2.45) is 11.8 Å². The van der Waals surface area contributed by atoms with Crippen LogP contribution in [0.25, 0.3) is 0 Å². The maximum atomic E-state index is 13.4. The summed E-state index contributed by atoms with van der Waals surface area (Å²) in [5.74, 6) is -0.634. The minimum absolute atomic E-state index is 0.00219. The minimum atomic E-state index is -0.489. The van der Waals surface area contributed by atoms with Crippen molar-refractivity contribution in [2.75, 3.05) is 32.7 Å². The van der Waals surface area contributed by atoms with Crippen molar-refractivity contribution in [1.82, 2.24) is 20.0 Å². The highest BCUT2D eigenvalue weighted by atomic mass is 16.2. The first-order chi connectivity index (χ1) is 20.0. The fourth-order valence-electron chi connectivity index (χ4n) is 7.51. The largest absolute Gasteiger partial charge is 0.346 e. The van der Waals surface area contributed by atoms with E-state index in [0.29, 0.717) is 44.6 Å². The quantitative estimate of drug-likeness (QED) is 0.326. The highest BCUT2D eigenvalue weighted by Crippen LogP contribution is 2.28. The Balaban J connectivity index is 1.17. The average Bonchev–Trinajstić information content (AvgIpc) is 3.00. The number of piperazine rings is 2. The standard InChI is InChI=1S/C33H48N4O4/c38-30-31(39)36(22-26-14-6-2-7-15-26)28(21-34-30)18-10-11-19-35-24-29(20-25-12-4-1-5-13-25)37(33(41)32(35)40)23-27-16-8-3-9-17-27/h1,4-5,12-13,26-29H,2-3,6-11,14-24H2,(H,34,38)/t28-,29+/m1/s1. The number of benzene rings is 1. The van der Waals surface area contributed by atoms with Crippen LogP contribution in [0.5, 0.6) is 0 Å². The lowest BCUT2D eigenvalue weighted by molar-refractivity contribution is -0.159. The fourth-order valence-corrected chi connectivity index (χ4v) is 7.51. The molecule has 2 aliphatic carbocycles.